The van der Waals surface area contributed by atoms with E-state index in [-0.39, 0.29) is 0 Å². The first-order chi connectivity index (χ1) is 31.7. The Morgan fingerprint density at radius 3 is 1.06 bits per heavy atom. The second-order valence-electron chi connectivity index (χ2n) is 16.9. The molecule has 0 saturated heterocycles. The maximum absolute atomic E-state index is 2.44. The summed E-state index contributed by atoms with van der Waals surface area (Å²) in [4.78, 5) is 0. The van der Waals surface area contributed by atoms with E-state index in [2.05, 4.69) is 238 Å². The monoisotopic (exact) mass is 831 g/mol. The Balaban J connectivity index is 0.935. The minimum absolute atomic E-state index is 1.15. The van der Waals surface area contributed by atoms with Gasteiger partial charge in [0.05, 0.1) is 33.1 Å². The highest BCUT2D eigenvalue weighted by Gasteiger charge is 2.19. The number of hydrogen-bond donors (Lipinski definition) is 0. The SMILES string of the molecule is c1ccc(-n2c3ccccc3c3cc(-c4ccc5c(c4)c4cc(-c6ccc7c(c6)c6ccccc6n7-c6ccc7c(c6)sc6ccccc67)ccc4n5-c4ccccc4)ccc32)cc1. The van der Waals surface area contributed by atoms with Gasteiger partial charge in [-0.25, -0.2) is 0 Å². The van der Waals surface area contributed by atoms with Gasteiger partial charge in [0.2, 0.25) is 0 Å². The number of nitrogens with zero attached hydrogens (tertiary/aromatic N) is 3. The zero-order chi connectivity index (χ0) is 41.9. The quantitative estimate of drug-likeness (QED) is 0.164. The fourth-order valence-corrected chi connectivity index (χ4v) is 11.7. The second kappa shape index (κ2) is 13.7. The Morgan fingerprint density at radius 2 is 0.578 bits per heavy atom. The van der Waals surface area contributed by atoms with Crippen LogP contribution in [0.15, 0.2) is 224 Å². The molecule has 298 valence electrons. The van der Waals surface area contributed by atoms with Gasteiger partial charge in [0.25, 0.3) is 0 Å². The number of rotatable bonds is 5. The van der Waals surface area contributed by atoms with E-state index in [4.69, 9.17) is 0 Å². The van der Waals surface area contributed by atoms with Crippen molar-refractivity contribution >= 4 is 96.9 Å². The van der Waals surface area contributed by atoms with E-state index in [1.165, 1.54) is 119 Å². The van der Waals surface area contributed by atoms with Crippen LogP contribution in [0.1, 0.15) is 0 Å². The molecule has 0 unspecified atom stereocenters. The Morgan fingerprint density at radius 1 is 0.219 bits per heavy atom. The number of aromatic nitrogens is 3. The molecule has 0 saturated carbocycles. The van der Waals surface area contributed by atoms with Crippen LogP contribution in [0.3, 0.4) is 0 Å². The van der Waals surface area contributed by atoms with Crippen molar-refractivity contribution in [2.75, 3.05) is 0 Å². The normalized spacial score (nSPS) is 12.1. The summed E-state index contributed by atoms with van der Waals surface area (Å²) in [5.41, 5.74) is 15.5. The average molecular weight is 832 g/mol. The molecular formula is C60H37N3S. The van der Waals surface area contributed by atoms with Gasteiger partial charge >= 0.3 is 0 Å². The van der Waals surface area contributed by atoms with E-state index in [0.29, 0.717) is 0 Å². The minimum Gasteiger partial charge on any atom is -0.309 e. The topological polar surface area (TPSA) is 14.8 Å². The third kappa shape index (κ3) is 5.21. The van der Waals surface area contributed by atoms with Crippen molar-refractivity contribution in [3.05, 3.63) is 224 Å². The first kappa shape index (κ1) is 35.4. The molecule has 0 atom stereocenters. The zero-order valence-corrected chi connectivity index (χ0v) is 35.4. The van der Waals surface area contributed by atoms with E-state index in [9.17, 15) is 0 Å². The van der Waals surface area contributed by atoms with Gasteiger partial charge in [-0.2, -0.15) is 0 Å². The van der Waals surface area contributed by atoms with E-state index < -0.39 is 0 Å². The van der Waals surface area contributed by atoms with Crippen molar-refractivity contribution < 1.29 is 0 Å². The van der Waals surface area contributed by atoms with E-state index in [0.717, 1.165) is 5.69 Å². The Bertz CT molecular complexity index is 4180. The molecule has 10 aromatic carbocycles. The van der Waals surface area contributed by atoms with Crippen LogP contribution in [0.2, 0.25) is 0 Å². The van der Waals surface area contributed by atoms with E-state index in [1.807, 2.05) is 11.3 Å². The lowest BCUT2D eigenvalue weighted by Gasteiger charge is -2.10. The molecule has 4 heterocycles. The molecule has 0 radical (unpaired) electrons. The highest BCUT2D eigenvalue weighted by Crippen LogP contribution is 2.42. The van der Waals surface area contributed by atoms with Gasteiger partial charge < -0.3 is 13.7 Å². The van der Waals surface area contributed by atoms with Gasteiger partial charge in [-0.05, 0) is 125 Å². The summed E-state index contributed by atoms with van der Waals surface area (Å²) in [6.45, 7) is 0. The molecule has 0 aliphatic carbocycles. The summed E-state index contributed by atoms with van der Waals surface area (Å²) in [6.07, 6.45) is 0. The lowest BCUT2D eigenvalue weighted by molar-refractivity contribution is 1.18. The molecule has 0 N–H and O–H groups in total. The molecule has 0 aliphatic rings. The van der Waals surface area contributed by atoms with Crippen LogP contribution in [-0.4, -0.2) is 13.7 Å². The molecule has 4 heteroatoms. The van der Waals surface area contributed by atoms with Crippen molar-refractivity contribution in [1.82, 2.24) is 13.7 Å². The number of fused-ring (bicyclic) bond motifs is 12. The summed E-state index contributed by atoms with van der Waals surface area (Å²) in [6, 6.07) is 82.8. The Kier molecular flexibility index (Phi) is 7.56. The van der Waals surface area contributed by atoms with Crippen molar-refractivity contribution in [3.63, 3.8) is 0 Å². The molecule has 4 aromatic heterocycles. The van der Waals surface area contributed by atoms with Crippen LogP contribution >= 0.6 is 11.3 Å². The Hall–Kier alpha value is -8.18. The maximum atomic E-state index is 2.44. The number of thiophene rings is 1. The predicted octanol–water partition coefficient (Wildman–Crippen LogP) is 16.7. The number of para-hydroxylation sites is 4. The molecule has 0 amide bonds. The summed E-state index contributed by atoms with van der Waals surface area (Å²) in [5, 5.41) is 10.1. The van der Waals surface area contributed by atoms with E-state index >= 15 is 0 Å². The fraction of sp³-hybridized carbons (Fsp3) is 0. The minimum atomic E-state index is 1.15. The van der Waals surface area contributed by atoms with Crippen LogP contribution in [0.4, 0.5) is 0 Å². The fourth-order valence-electron chi connectivity index (χ4n) is 10.5. The van der Waals surface area contributed by atoms with E-state index in [1.54, 1.807) is 0 Å². The third-order valence-electron chi connectivity index (χ3n) is 13.4. The van der Waals surface area contributed by atoms with Crippen LogP contribution < -0.4 is 0 Å². The third-order valence-corrected chi connectivity index (χ3v) is 14.6. The number of hydrogen-bond acceptors (Lipinski definition) is 1. The summed E-state index contributed by atoms with van der Waals surface area (Å²) in [5.74, 6) is 0. The molecule has 14 aromatic rings. The molecule has 64 heavy (non-hydrogen) atoms. The summed E-state index contributed by atoms with van der Waals surface area (Å²) < 4.78 is 9.87. The second-order valence-corrected chi connectivity index (χ2v) is 18.0. The lowest BCUT2D eigenvalue weighted by atomic mass is 9.98. The predicted molar refractivity (Wildman–Crippen MR) is 273 cm³/mol. The van der Waals surface area contributed by atoms with Crippen LogP contribution in [0, 0.1) is 0 Å². The van der Waals surface area contributed by atoms with Crippen LogP contribution in [0.25, 0.3) is 125 Å². The highest BCUT2D eigenvalue weighted by molar-refractivity contribution is 7.25. The van der Waals surface area contributed by atoms with Crippen LogP contribution in [0.5, 0.6) is 0 Å². The van der Waals surface area contributed by atoms with Crippen molar-refractivity contribution in [2.24, 2.45) is 0 Å². The van der Waals surface area contributed by atoms with Crippen molar-refractivity contribution in [1.29, 1.82) is 0 Å². The molecule has 0 aliphatic heterocycles. The van der Waals surface area contributed by atoms with Gasteiger partial charge in [-0.15, -0.1) is 11.3 Å². The number of benzene rings is 10. The first-order valence-corrected chi connectivity index (χ1v) is 22.7. The van der Waals surface area contributed by atoms with Gasteiger partial charge in [0.1, 0.15) is 0 Å². The van der Waals surface area contributed by atoms with Gasteiger partial charge in [0, 0.05) is 69.6 Å². The molecule has 14 rings (SSSR count). The summed E-state index contributed by atoms with van der Waals surface area (Å²) >= 11 is 1.87. The van der Waals surface area contributed by atoms with Gasteiger partial charge in [-0.1, -0.05) is 121 Å². The van der Waals surface area contributed by atoms with Gasteiger partial charge in [0.15, 0.2) is 0 Å². The highest BCUT2D eigenvalue weighted by atomic mass is 32.1. The largest absolute Gasteiger partial charge is 0.309 e. The molecular weight excluding hydrogens is 795 g/mol. The molecule has 0 bridgehead atoms. The molecule has 0 fully saturated rings. The Labute approximate surface area is 372 Å². The molecule has 0 spiro atoms. The molecule has 3 nitrogen and oxygen atoms in total. The maximum Gasteiger partial charge on any atom is 0.0541 e. The average Bonchev–Trinajstić information content (AvgIpc) is 4.10. The first-order valence-electron chi connectivity index (χ1n) is 21.9. The van der Waals surface area contributed by atoms with Gasteiger partial charge in [-0.3, -0.25) is 0 Å². The van der Waals surface area contributed by atoms with Crippen molar-refractivity contribution in [2.45, 2.75) is 0 Å². The van der Waals surface area contributed by atoms with Crippen molar-refractivity contribution in [3.8, 4) is 39.3 Å². The summed E-state index contributed by atoms with van der Waals surface area (Å²) in [7, 11) is 0. The lowest BCUT2D eigenvalue weighted by Crippen LogP contribution is -1.93. The standard InChI is InChI=1S/C60H37N3S/c1-3-13-42(14-4-1)61-53-20-10-7-17-45(53)49-33-38(23-29-55(49)61)40-25-31-57-51(35-40)52-36-41(26-32-58(52)62(57)43-15-5-2-6-16-43)39-24-30-56-50(34-39)46-18-8-11-21-54(46)63(56)44-27-28-48-47-19-9-12-22-59(47)64-60(48)37-44/h1-37H. The smallest absolute Gasteiger partial charge is 0.0541 e. The van der Waals surface area contributed by atoms with Crippen LogP contribution in [-0.2, 0) is 0 Å². The zero-order valence-electron chi connectivity index (χ0n) is 34.6.